The van der Waals surface area contributed by atoms with Crippen molar-refractivity contribution in [2.75, 3.05) is 19.7 Å². The van der Waals surface area contributed by atoms with Crippen LogP contribution in [0.1, 0.15) is 31.2 Å². The van der Waals surface area contributed by atoms with Gasteiger partial charge in [0.15, 0.2) is 0 Å². The van der Waals surface area contributed by atoms with E-state index >= 15 is 0 Å². The summed E-state index contributed by atoms with van der Waals surface area (Å²) in [5.74, 6) is 0.634. The van der Waals surface area contributed by atoms with Gasteiger partial charge in [-0.15, -0.1) is 0 Å². The number of hydrogen-bond acceptors (Lipinski definition) is 3. The zero-order valence-corrected chi connectivity index (χ0v) is 14.0. The van der Waals surface area contributed by atoms with Crippen LogP contribution in [0.5, 0.6) is 0 Å². The highest BCUT2D eigenvalue weighted by atomic mass is 35.5. The Labute approximate surface area is 141 Å². The van der Waals surface area contributed by atoms with Crippen molar-refractivity contribution in [3.05, 3.63) is 45.2 Å². The van der Waals surface area contributed by atoms with Crippen LogP contribution in [-0.2, 0) is 6.54 Å². The number of fused-ring (bicyclic) bond motifs is 1. The molecule has 1 fully saturated rings. The normalized spacial score (nSPS) is 19.3. The van der Waals surface area contributed by atoms with Crippen molar-refractivity contribution in [1.29, 1.82) is 0 Å². The Morgan fingerprint density at radius 2 is 2.22 bits per heavy atom. The highest BCUT2D eigenvalue weighted by molar-refractivity contribution is 6.31. The molecule has 23 heavy (non-hydrogen) atoms. The fourth-order valence-electron chi connectivity index (χ4n) is 3.49. The monoisotopic (exact) mass is 334 g/mol. The summed E-state index contributed by atoms with van der Waals surface area (Å²) in [4.78, 5) is 17.6. The molecule has 2 N–H and O–H groups in total. The number of nitrogens with one attached hydrogen (secondary N) is 1. The summed E-state index contributed by atoms with van der Waals surface area (Å²) < 4.78 is 0. The van der Waals surface area contributed by atoms with Crippen LogP contribution in [0.3, 0.4) is 0 Å². The third kappa shape index (κ3) is 4.14. The van der Waals surface area contributed by atoms with Crippen molar-refractivity contribution >= 4 is 22.5 Å². The number of piperidine rings is 1. The van der Waals surface area contributed by atoms with Crippen molar-refractivity contribution in [3.63, 3.8) is 0 Å². The van der Waals surface area contributed by atoms with Gasteiger partial charge in [-0.2, -0.15) is 0 Å². The van der Waals surface area contributed by atoms with Gasteiger partial charge >= 0.3 is 0 Å². The van der Waals surface area contributed by atoms with Crippen LogP contribution in [0.15, 0.2) is 29.1 Å². The third-order valence-electron chi connectivity index (χ3n) is 4.65. The van der Waals surface area contributed by atoms with Crippen LogP contribution < -0.4 is 5.56 Å². The predicted molar refractivity (Wildman–Crippen MR) is 93.9 cm³/mol. The van der Waals surface area contributed by atoms with Crippen molar-refractivity contribution < 1.29 is 5.11 Å². The Bertz CT molecular complexity index is 729. The van der Waals surface area contributed by atoms with Crippen LogP contribution in [0.2, 0.25) is 5.02 Å². The van der Waals surface area contributed by atoms with Gasteiger partial charge in [0, 0.05) is 35.8 Å². The Hall–Kier alpha value is -1.36. The molecule has 124 valence electrons. The number of aromatic nitrogens is 1. The van der Waals surface area contributed by atoms with E-state index in [1.165, 1.54) is 6.42 Å². The second kappa shape index (κ2) is 7.47. The molecule has 0 aliphatic carbocycles. The number of rotatable bonds is 5. The maximum atomic E-state index is 12.3. The first-order chi connectivity index (χ1) is 11.2. The number of benzene rings is 1. The molecular formula is C18H23ClN2O2. The Morgan fingerprint density at radius 1 is 1.35 bits per heavy atom. The van der Waals surface area contributed by atoms with E-state index in [1.54, 1.807) is 6.07 Å². The first-order valence-corrected chi connectivity index (χ1v) is 8.68. The van der Waals surface area contributed by atoms with Crippen molar-refractivity contribution in [3.8, 4) is 0 Å². The minimum absolute atomic E-state index is 0.0303. The molecular weight excluding hydrogens is 312 g/mol. The smallest absolute Gasteiger partial charge is 0.252 e. The minimum atomic E-state index is -0.0303. The number of halogens is 1. The highest BCUT2D eigenvalue weighted by Gasteiger charge is 2.20. The SMILES string of the molecule is O=c1[nH]c2cc(Cl)ccc2cc1CN1CCC[C@@H](CCCO)C1. The fraction of sp³-hybridized carbons (Fsp3) is 0.500. The van der Waals surface area contributed by atoms with E-state index in [2.05, 4.69) is 9.88 Å². The van der Waals surface area contributed by atoms with E-state index in [-0.39, 0.29) is 12.2 Å². The lowest BCUT2D eigenvalue weighted by Crippen LogP contribution is -2.36. The second-order valence-electron chi connectivity index (χ2n) is 6.46. The molecule has 0 amide bonds. The number of pyridine rings is 1. The molecule has 1 aromatic carbocycles. The lowest BCUT2D eigenvalue weighted by atomic mass is 9.93. The molecule has 0 spiro atoms. The zero-order valence-electron chi connectivity index (χ0n) is 13.2. The fourth-order valence-corrected chi connectivity index (χ4v) is 3.66. The molecule has 1 saturated heterocycles. The predicted octanol–water partition coefficient (Wildman–Crippen LogP) is 3.17. The molecule has 2 aromatic rings. The quantitative estimate of drug-likeness (QED) is 0.883. The molecule has 2 heterocycles. The number of nitrogens with zero attached hydrogens (tertiary/aromatic N) is 1. The van der Waals surface area contributed by atoms with Gasteiger partial charge in [-0.25, -0.2) is 0 Å². The molecule has 5 heteroatoms. The Kier molecular flexibility index (Phi) is 5.36. The second-order valence-corrected chi connectivity index (χ2v) is 6.90. The summed E-state index contributed by atoms with van der Waals surface area (Å²) in [5, 5.41) is 10.6. The van der Waals surface area contributed by atoms with Crippen LogP contribution in [0.4, 0.5) is 0 Å². The minimum Gasteiger partial charge on any atom is -0.396 e. The van der Waals surface area contributed by atoms with E-state index in [9.17, 15) is 4.79 Å². The molecule has 0 saturated carbocycles. The Balaban J connectivity index is 1.74. The molecule has 0 radical (unpaired) electrons. The van der Waals surface area contributed by atoms with Crippen molar-refractivity contribution in [1.82, 2.24) is 9.88 Å². The van der Waals surface area contributed by atoms with Gasteiger partial charge in [0.25, 0.3) is 5.56 Å². The lowest BCUT2D eigenvalue weighted by molar-refractivity contribution is 0.153. The van der Waals surface area contributed by atoms with E-state index in [0.717, 1.165) is 48.8 Å². The van der Waals surface area contributed by atoms with E-state index in [1.807, 2.05) is 18.2 Å². The number of aliphatic hydroxyl groups excluding tert-OH is 1. The first kappa shape index (κ1) is 16.5. The van der Waals surface area contributed by atoms with Crippen LogP contribution in [0.25, 0.3) is 10.9 Å². The maximum absolute atomic E-state index is 12.3. The van der Waals surface area contributed by atoms with Gasteiger partial charge in [-0.3, -0.25) is 9.69 Å². The molecule has 1 atom stereocenters. The van der Waals surface area contributed by atoms with Gasteiger partial charge in [0.2, 0.25) is 0 Å². The number of likely N-dealkylation sites (tertiary alicyclic amines) is 1. The summed E-state index contributed by atoms with van der Waals surface area (Å²) in [6.07, 6.45) is 4.33. The van der Waals surface area contributed by atoms with E-state index in [0.29, 0.717) is 17.5 Å². The van der Waals surface area contributed by atoms with Gasteiger partial charge in [-0.1, -0.05) is 17.7 Å². The van der Waals surface area contributed by atoms with Gasteiger partial charge in [0.05, 0.1) is 0 Å². The molecule has 1 aliphatic rings. The summed E-state index contributed by atoms with van der Waals surface area (Å²) in [7, 11) is 0. The molecule has 4 nitrogen and oxygen atoms in total. The standard InChI is InChI=1S/C18H23ClN2O2/c19-16-6-5-14-9-15(18(23)20-17(14)10-16)12-21-7-1-3-13(11-21)4-2-8-22/h5-6,9-10,13,22H,1-4,7-8,11-12H2,(H,20,23)/t13-/m0/s1. The molecule has 1 aromatic heterocycles. The largest absolute Gasteiger partial charge is 0.396 e. The summed E-state index contributed by atoms with van der Waals surface area (Å²) in [6, 6.07) is 7.55. The average molecular weight is 335 g/mol. The maximum Gasteiger partial charge on any atom is 0.252 e. The summed E-state index contributed by atoms with van der Waals surface area (Å²) in [6.45, 7) is 3.00. The molecule has 3 rings (SSSR count). The molecule has 0 unspecified atom stereocenters. The number of aliphatic hydroxyl groups is 1. The van der Waals surface area contributed by atoms with E-state index in [4.69, 9.17) is 16.7 Å². The Morgan fingerprint density at radius 3 is 3.04 bits per heavy atom. The molecule has 0 bridgehead atoms. The summed E-state index contributed by atoms with van der Waals surface area (Å²) in [5.41, 5.74) is 1.56. The first-order valence-electron chi connectivity index (χ1n) is 8.30. The third-order valence-corrected chi connectivity index (χ3v) is 4.89. The lowest BCUT2D eigenvalue weighted by Gasteiger charge is -2.32. The number of aromatic amines is 1. The van der Waals surface area contributed by atoms with Gasteiger partial charge < -0.3 is 10.1 Å². The average Bonchev–Trinajstić information content (AvgIpc) is 2.54. The van der Waals surface area contributed by atoms with Crippen molar-refractivity contribution in [2.45, 2.75) is 32.2 Å². The number of hydrogen-bond donors (Lipinski definition) is 2. The topological polar surface area (TPSA) is 56.3 Å². The van der Waals surface area contributed by atoms with Crippen LogP contribution in [0, 0.1) is 5.92 Å². The number of H-pyrrole nitrogens is 1. The summed E-state index contributed by atoms with van der Waals surface area (Å²) >= 11 is 5.98. The van der Waals surface area contributed by atoms with Crippen LogP contribution >= 0.6 is 11.6 Å². The van der Waals surface area contributed by atoms with Crippen LogP contribution in [-0.4, -0.2) is 34.7 Å². The van der Waals surface area contributed by atoms with E-state index < -0.39 is 0 Å². The highest BCUT2D eigenvalue weighted by Crippen LogP contribution is 2.23. The molecule has 1 aliphatic heterocycles. The zero-order chi connectivity index (χ0) is 16.2. The van der Waals surface area contributed by atoms with Crippen molar-refractivity contribution in [2.24, 2.45) is 5.92 Å². The van der Waals surface area contributed by atoms with Gasteiger partial charge in [-0.05, 0) is 61.7 Å². The van der Waals surface area contributed by atoms with Gasteiger partial charge in [0.1, 0.15) is 0 Å².